The van der Waals surface area contributed by atoms with Crippen LogP contribution < -0.4 is 4.84 Å². The van der Waals surface area contributed by atoms with Crippen LogP contribution in [0.5, 0.6) is 0 Å². The van der Waals surface area contributed by atoms with Crippen molar-refractivity contribution in [3.63, 3.8) is 0 Å². The van der Waals surface area contributed by atoms with Crippen LogP contribution in [-0.4, -0.2) is 61.8 Å². The molecule has 0 spiro atoms. The van der Waals surface area contributed by atoms with Crippen LogP contribution in [0.4, 0.5) is 25.2 Å². The van der Waals surface area contributed by atoms with Gasteiger partial charge in [-0.2, -0.15) is 0 Å². The first-order chi connectivity index (χ1) is 13.3. The third-order valence-electron chi connectivity index (χ3n) is 4.01. The molecule has 0 unspecified atom stereocenters. The molecular weight excluding hydrogens is 425 g/mol. The molecule has 7 nitrogen and oxygen atoms in total. The standard InChI is InChI=1S/C15H23N6O.F6P/c1-3-19(4-2)15(20-11-6-5-7-12-20)22-21-14-13(17-18-21)9-8-10-16-14;1-7(2,3,4,5)6/h8-10H,3-7,11-12H2,1-2H3;/q+1;-1. The van der Waals surface area contributed by atoms with Gasteiger partial charge in [-0.1, -0.05) is 0 Å². The second kappa shape index (κ2) is 7.92. The molecule has 2 aromatic rings. The molecule has 0 bridgehead atoms. The van der Waals surface area contributed by atoms with Crippen LogP contribution in [0.25, 0.3) is 11.2 Å². The third kappa shape index (κ3) is 8.38. The second-order valence-electron chi connectivity index (χ2n) is 6.36. The number of amidine groups is 1. The molecule has 0 N–H and O–H groups in total. The van der Waals surface area contributed by atoms with E-state index in [0.717, 1.165) is 37.7 Å². The van der Waals surface area contributed by atoms with Gasteiger partial charge in [-0.05, 0) is 55.3 Å². The molecule has 3 rings (SSSR count). The van der Waals surface area contributed by atoms with Gasteiger partial charge in [0.1, 0.15) is 5.52 Å². The molecule has 0 saturated carbocycles. The van der Waals surface area contributed by atoms with Crippen molar-refractivity contribution in [2.75, 3.05) is 26.2 Å². The molecule has 1 aliphatic heterocycles. The molecule has 14 heteroatoms. The van der Waals surface area contributed by atoms with Gasteiger partial charge in [-0.15, -0.1) is 5.10 Å². The fourth-order valence-corrected chi connectivity index (χ4v) is 2.78. The minimum atomic E-state index is -10.7. The van der Waals surface area contributed by atoms with Gasteiger partial charge in [0.2, 0.25) is 5.65 Å². The van der Waals surface area contributed by atoms with Gasteiger partial charge in [0.25, 0.3) is 0 Å². The van der Waals surface area contributed by atoms with Crippen molar-refractivity contribution in [1.29, 1.82) is 0 Å². The first-order valence-corrected chi connectivity index (χ1v) is 11.1. The molecule has 0 amide bonds. The fourth-order valence-electron chi connectivity index (χ4n) is 2.78. The molecule has 1 aliphatic rings. The summed E-state index contributed by atoms with van der Waals surface area (Å²) in [5, 5.41) is 8.19. The molecule has 1 saturated heterocycles. The third-order valence-corrected chi connectivity index (χ3v) is 4.01. The van der Waals surface area contributed by atoms with E-state index in [0.29, 0.717) is 5.65 Å². The summed E-state index contributed by atoms with van der Waals surface area (Å²) in [6.07, 6.45) is 5.41. The number of pyridine rings is 1. The van der Waals surface area contributed by atoms with E-state index in [1.54, 1.807) is 6.20 Å². The molecule has 166 valence electrons. The number of nitrogens with zero attached hydrogens (tertiary/aromatic N) is 6. The molecule has 0 aliphatic carbocycles. The normalized spacial score (nSPS) is 17.0. The zero-order chi connectivity index (χ0) is 21.8. The van der Waals surface area contributed by atoms with E-state index in [1.807, 2.05) is 12.1 Å². The number of hydrogen-bond acceptors (Lipinski definition) is 4. The Labute approximate surface area is 163 Å². The zero-order valence-electron chi connectivity index (χ0n) is 16.0. The van der Waals surface area contributed by atoms with Crippen LogP contribution in [-0.2, 0) is 0 Å². The van der Waals surface area contributed by atoms with E-state index in [-0.39, 0.29) is 0 Å². The Hall–Kier alpha value is -2.17. The van der Waals surface area contributed by atoms with Crippen LogP contribution in [0, 0.1) is 0 Å². The Morgan fingerprint density at radius 3 is 2.24 bits per heavy atom. The molecule has 29 heavy (non-hydrogen) atoms. The second-order valence-corrected chi connectivity index (χ2v) is 8.28. The van der Waals surface area contributed by atoms with Crippen LogP contribution in [0.2, 0.25) is 0 Å². The summed E-state index contributed by atoms with van der Waals surface area (Å²) in [5.41, 5.74) is 1.38. The molecule has 0 radical (unpaired) electrons. The van der Waals surface area contributed by atoms with E-state index < -0.39 is 7.81 Å². The quantitative estimate of drug-likeness (QED) is 0.299. The molecule has 0 atom stereocenters. The number of aromatic nitrogens is 4. The maximum absolute atomic E-state index is 10.7. The Bertz CT molecular complexity index is 846. The summed E-state index contributed by atoms with van der Waals surface area (Å²) >= 11 is 0. The first-order valence-electron chi connectivity index (χ1n) is 9.06. The van der Waals surface area contributed by atoms with Gasteiger partial charge < -0.3 is 0 Å². The van der Waals surface area contributed by atoms with E-state index in [1.165, 1.54) is 24.1 Å². The van der Waals surface area contributed by atoms with Crippen molar-refractivity contribution in [2.24, 2.45) is 0 Å². The van der Waals surface area contributed by atoms with Crippen molar-refractivity contribution in [2.45, 2.75) is 33.1 Å². The van der Waals surface area contributed by atoms with E-state index in [4.69, 9.17) is 4.84 Å². The van der Waals surface area contributed by atoms with Gasteiger partial charge in [-0.25, -0.2) is 14.5 Å². The molecular formula is C15H23F6N6OP. The van der Waals surface area contributed by atoms with Crippen molar-refractivity contribution >= 4 is 25.0 Å². The Morgan fingerprint density at radius 1 is 1.10 bits per heavy atom. The van der Waals surface area contributed by atoms with Crippen molar-refractivity contribution in [1.82, 2.24) is 25.0 Å². The summed E-state index contributed by atoms with van der Waals surface area (Å²) in [6, 6.07) is 4.58. The average molecular weight is 448 g/mol. The molecule has 0 aromatic carbocycles. The molecule has 3 heterocycles. The fraction of sp³-hybridized carbons (Fsp3) is 0.600. The minimum absolute atomic E-state index is 0.643. The van der Waals surface area contributed by atoms with Crippen LogP contribution in [0.15, 0.2) is 18.3 Å². The summed E-state index contributed by atoms with van der Waals surface area (Å²) in [4.78, 5) is 14.1. The Balaban J connectivity index is 0.000000370. The Morgan fingerprint density at radius 2 is 1.69 bits per heavy atom. The summed E-state index contributed by atoms with van der Waals surface area (Å²) < 4.78 is 61.5. The summed E-state index contributed by atoms with van der Waals surface area (Å²) in [7, 11) is -10.7. The molecule has 2 aromatic heterocycles. The monoisotopic (exact) mass is 448 g/mol. The topological polar surface area (TPSA) is 59.1 Å². The van der Waals surface area contributed by atoms with E-state index in [2.05, 4.69) is 38.6 Å². The van der Waals surface area contributed by atoms with Crippen LogP contribution in [0.3, 0.4) is 0 Å². The van der Waals surface area contributed by atoms with Gasteiger partial charge in [0, 0.05) is 6.20 Å². The SMILES string of the molecule is CCN(CC)C(On1nnc2cccnc21)=[N+]1CCCCC1.F[P-](F)(F)(F)(F)F. The summed E-state index contributed by atoms with van der Waals surface area (Å²) in [6.45, 7) is 8.09. The predicted octanol–water partition coefficient (Wildman–Crippen LogP) is 4.53. The van der Waals surface area contributed by atoms with Crippen LogP contribution in [0.1, 0.15) is 33.1 Å². The number of piperidine rings is 1. The first kappa shape index (κ1) is 23.1. The van der Waals surface area contributed by atoms with E-state index >= 15 is 0 Å². The number of halogens is 6. The van der Waals surface area contributed by atoms with Crippen molar-refractivity contribution in [3.8, 4) is 0 Å². The van der Waals surface area contributed by atoms with Crippen LogP contribution >= 0.6 is 7.81 Å². The van der Waals surface area contributed by atoms with Gasteiger partial charge in [0.15, 0.2) is 0 Å². The van der Waals surface area contributed by atoms with Gasteiger partial charge >= 0.3 is 39.0 Å². The van der Waals surface area contributed by atoms with E-state index in [9.17, 15) is 25.2 Å². The predicted molar refractivity (Wildman–Crippen MR) is 97.2 cm³/mol. The summed E-state index contributed by atoms with van der Waals surface area (Å²) in [5.74, 6) is 0. The maximum atomic E-state index is 9.87. The zero-order valence-corrected chi connectivity index (χ0v) is 16.9. The average Bonchev–Trinajstić information content (AvgIpc) is 3.03. The Kier molecular flexibility index (Phi) is 6.32. The van der Waals surface area contributed by atoms with Crippen molar-refractivity contribution < 1.29 is 34.6 Å². The van der Waals surface area contributed by atoms with Gasteiger partial charge in [-0.3, -0.25) is 4.84 Å². The molecule has 1 fully saturated rings. The van der Waals surface area contributed by atoms with Crippen molar-refractivity contribution in [3.05, 3.63) is 18.3 Å². The number of fused-ring (bicyclic) bond motifs is 1. The van der Waals surface area contributed by atoms with Gasteiger partial charge in [0.05, 0.1) is 26.2 Å². The number of hydrogen-bond donors (Lipinski definition) is 0. The number of rotatable bonds is 3.